The van der Waals surface area contributed by atoms with E-state index >= 15 is 0 Å². The van der Waals surface area contributed by atoms with Crippen molar-refractivity contribution in [2.24, 2.45) is 0 Å². The molecule has 2 rings (SSSR count). The fourth-order valence-corrected chi connectivity index (χ4v) is 2.62. The molecular weight excluding hydrogens is 303 g/mol. The average Bonchev–Trinajstić information content (AvgIpc) is 2.80. The fourth-order valence-electron chi connectivity index (χ4n) is 2.62. The van der Waals surface area contributed by atoms with Crippen LogP contribution in [0, 0.1) is 6.92 Å². The molecule has 1 amide bonds. The first-order valence-corrected chi connectivity index (χ1v) is 6.84. The molecule has 1 aromatic heterocycles. The summed E-state index contributed by atoms with van der Waals surface area (Å²) in [7, 11) is 0. The molecule has 122 valence electrons. The van der Waals surface area contributed by atoms with Crippen LogP contribution in [0.2, 0.25) is 0 Å². The quantitative estimate of drug-likeness (QED) is 0.867. The van der Waals surface area contributed by atoms with Crippen molar-refractivity contribution in [3.63, 3.8) is 0 Å². The zero-order valence-electron chi connectivity index (χ0n) is 11.9. The van der Waals surface area contributed by atoms with Gasteiger partial charge in [-0.15, -0.1) is 0 Å². The highest BCUT2D eigenvalue weighted by Gasteiger charge is 2.37. The second-order valence-corrected chi connectivity index (χ2v) is 5.25. The third-order valence-electron chi connectivity index (χ3n) is 3.59. The van der Waals surface area contributed by atoms with E-state index in [4.69, 9.17) is 5.11 Å². The Kier molecular flexibility index (Phi) is 4.43. The molecule has 1 aliphatic heterocycles. The predicted molar refractivity (Wildman–Crippen MR) is 68.8 cm³/mol. The lowest BCUT2D eigenvalue weighted by molar-refractivity contribution is -0.147. The monoisotopic (exact) mass is 319 g/mol. The molecule has 0 saturated carbocycles. The molecule has 1 N–H and O–H groups in total. The van der Waals surface area contributed by atoms with E-state index < -0.39 is 36.3 Å². The minimum atomic E-state index is -4.55. The Morgan fingerprint density at radius 3 is 2.64 bits per heavy atom. The van der Waals surface area contributed by atoms with Crippen LogP contribution < -0.4 is 0 Å². The molecule has 2 heterocycles. The lowest BCUT2D eigenvalue weighted by Gasteiger charge is -2.36. The van der Waals surface area contributed by atoms with Crippen molar-refractivity contribution < 1.29 is 27.9 Å². The van der Waals surface area contributed by atoms with Crippen LogP contribution in [0.15, 0.2) is 6.07 Å². The number of likely N-dealkylation sites (tertiary alicyclic amines) is 1. The number of alkyl halides is 3. The summed E-state index contributed by atoms with van der Waals surface area (Å²) in [6.45, 7) is 1.80. The molecule has 1 atom stereocenters. The van der Waals surface area contributed by atoms with E-state index in [0.29, 0.717) is 19.4 Å². The summed E-state index contributed by atoms with van der Waals surface area (Å²) in [6.07, 6.45) is -4.03. The Balaban J connectivity index is 2.30. The van der Waals surface area contributed by atoms with E-state index in [1.54, 1.807) is 0 Å². The first kappa shape index (κ1) is 16.3. The Bertz CT molecular complexity index is 583. The van der Waals surface area contributed by atoms with Crippen LogP contribution in [0.4, 0.5) is 13.2 Å². The van der Waals surface area contributed by atoms with Crippen molar-refractivity contribution in [1.29, 1.82) is 0 Å². The Morgan fingerprint density at radius 1 is 1.41 bits per heavy atom. The van der Waals surface area contributed by atoms with Crippen LogP contribution in [0.3, 0.4) is 0 Å². The van der Waals surface area contributed by atoms with E-state index in [1.807, 2.05) is 0 Å². The number of carboxylic acid groups (broad SMARTS) is 1. The third kappa shape index (κ3) is 3.40. The summed E-state index contributed by atoms with van der Waals surface area (Å²) in [4.78, 5) is 24.0. The van der Waals surface area contributed by atoms with E-state index in [-0.39, 0.29) is 5.69 Å². The normalized spacial score (nSPS) is 19.3. The molecule has 1 aliphatic rings. The lowest BCUT2D eigenvalue weighted by atomic mass is 10.1. The number of carbonyl (C=O) groups excluding carboxylic acids is 1. The molecule has 1 aromatic rings. The first-order chi connectivity index (χ1) is 10.2. The van der Waals surface area contributed by atoms with Crippen molar-refractivity contribution >= 4 is 11.9 Å². The van der Waals surface area contributed by atoms with Crippen LogP contribution in [0.25, 0.3) is 0 Å². The van der Waals surface area contributed by atoms with Gasteiger partial charge in [-0.3, -0.25) is 9.59 Å². The summed E-state index contributed by atoms with van der Waals surface area (Å²) in [5.41, 5.74) is -0.728. The standard InChI is InChI=1S/C13H16F3N3O3/c1-8-6-9(13(14,15)16)17-19(8)10-4-2-3-5-18(10)11(20)7-12(21)22/h6,10H,2-5,7H2,1H3,(H,21,22). The number of rotatable bonds is 3. The first-order valence-electron chi connectivity index (χ1n) is 6.84. The van der Waals surface area contributed by atoms with Gasteiger partial charge in [-0.05, 0) is 32.3 Å². The van der Waals surface area contributed by atoms with Crippen molar-refractivity contribution in [3.8, 4) is 0 Å². The van der Waals surface area contributed by atoms with Gasteiger partial charge in [0.2, 0.25) is 5.91 Å². The highest BCUT2D eigenvalue weighted by molar-refractivity contribution is 5.93. The smallest absolute Gasteiger partial charge is 0.435 e. The zero-order chi connectivity index (χ0) is 16.5. The van der Waals surface area contributed by atoms with Crippen molar-refractivity contribution in [2.75, 3.05) is 6.54 Å². The minimum Gasteiger partial charge on any atom is -0.481 e. The summed E-state index contributed by atoms with van der Waals surface area (Å²) in [5.74, 6) is -1.87. The number of carbonyl (C=O) groups is 2. The SMILES string of the molecule is Cc1cc(C(F)(F)F)nn1C1CCCCN1C(=O)CC(=O)O. The van der Waals surface area contributed by atoms with Crippen molar-refractivity contribution in [2.45, 2.75) is 44.9 Å². The van der Waals surface area contributed by atoms with Gasteiger partial charge in [-0.25, -0.2) is 4.68 Å². The topological polar surface area (TPSA) is 75.4 Å². The van der Waals surface area contributed by atoms with Gasteiger partial charge < -0.3 is 10.0 Å². The predicted octanol–water partition coefficient (Wildman–Crippen LogP) is 2.20. The molecule has 0 aromatic carbocycles. The second kappa shape index (κ2) is 5.98. The molecule has 1 fully saturated rings. The second-order valence-electron chi connectivity index (χ2n) is 5.25. The average molecular weight is 319 g/mol. The largest absolute Gasteiger partial charge is 0.481 e. The molecule has 0 radical (unpaired) electrons. The number of aliphatic carboxylic acids is 1. The number of piperidine rings is 1. The number of carboxylic acids is 1. The molecule has 0 bridgehead atoms. The van der Waals surface area contributed by atoms with Gasteiger partial charge in [0.05, 0.1) is 0 Å². The summed E-state index contributed by atoms with van der Waals surface area (Å²) >= 11 is 0. The molecule has 0 spiro atoms. The number of hydrogen-bond acceptors (Lipinski definition) is 3. The van der Waals surface area contributed by atoms with Gasteiger partial charge in [-0.2, -0.15) is 18.3 Å². The lowest BCUT2D eigenvalue weighted by Crippen LogP contribution is -2.42. The minimum absolute atomic E-state index is 0.285. The maximum Gasteiger partial charge on any atom is 0.435 e. The molecule has 22 heavy (non-hydrogen) atoms. The van der Waals surface area contributed by atoms with Gasteiger partial charge in [0.15, 0.2) is 5.69 Å². The van der Waals surface area contributed by atoms with Crippen molar-refractivity contribution in [3.05, 3.63) is 17.5 Å². The number of halogens is 3. The zero-order valence-corrected chi connectivity index (χ0v) is 11.9. The third-order valence-corrected chi connectivity index (χ3v) is 3.59. The molecular formula is C13H16F3N3O3. The van der Waals surface area contributed by atoms with Gasteiger partial charge in [0, 0.05) is 12.2 Å². The van der Waals surface area contributed by atoms with Gasteiger partial charge >= 0.3 is 12.1 Å². The van der Waals surface area contributed by atoms with Crippen LogP contribution in [0.1, 0.15) is 43.2 Å². The summed E-state index contributed by atoms with van der Waals surface area (Å²) in [5, 5.41) is 12.3. The van der Waals surface area contributed by atoms with Crippen LogP contribution in [0.5, 0.6) is 0 Å². The molecule has 9 heteroatoms. The number of aromatic nitrogens is 2. The Hall–Kier alpha value is -2.06. The van der Waals surface area contributed by atoms with Crippen LogP contribution in [-0.2, 0) is 15.8 Å². The Labute approximate surface area is 124 Å². The molecule has 0 aliphatic carbocycles. The van der Waals surface area contributed by atoms with Crippen LogP contribution >= 0.6 is 0 Å². The van der Waals surface area contributed by atoms with E-state index in [2.05, 4.69) is 5.10 Å². The van der Waals surface area contributed by atoms with Crippen molar-refractivity contribution in [1.82, 2.24) is 14.7 Å². The van der Waals surface area contributed by atoms with E-state index in [9.17, 15) is 22.8 Å². The van der Waals surface area contributed by atoms with Gasteiger partial charge in [0.25, 0.3) is 0 Å². The summed E-state index contributed by atoms with van der Waals surface area (Å²) < 4.78 is 39.4. The van der Waals surface area contributed by atoms with Gasteiger partial charge in [-0.1, -0.05) is 0 Å². The maximum atomic E-state index is 12.7. The highest BCUT2D eigenvalue weighted by atomic mass is 19.4. The van der Waals surface area contributed by atoms with Crippen LogP contribution in [-0.4, -0.2) is 38.2 Å². The number of amides is 1. The molecule has 6 nitrogen and oxygen atoms in total. The number of nitrogens with zero attached hydrogens (tertiary/aromatic N) is 3. The molecule has 1 saturated heterocycles. The van der Waals surface area contributed by atoms with Gasteiger partial charge in [0.1, 0.15) is 12.6 Å². The number of aryl methyl sites for hydroxylation is 1. The van der Waals surface area contributed by atoms with E-state index in [0.717, 1.165) is 12.5 Å². The highest BCUT2D eigenvalue weighted by Crippen LogP contribution is 2.32. The fraction of sp³-hybridized carbons (Fsp3) is 0.615. The number of hydrogen-bond donors (Lipinski definition) is 1. The molecule has 1 unspecified atom stereocenters. The Morgan fingerprint density at radius 2 is 2.09 bits per heavy atom. The maximum absolute atomic E-state index is 12.7. The summed E-state index contributed by atoms with van der Waals surface area (Å²) in [6, 6.07) is 0.925. The van der Waals surface area contributed by atoms with E-state index in [1.165, 1.54) is 16.5 Å².